The van der Waals surface area contributed by atoms with Crippen LogP contribution in [-0.2, 0) is 13.1 Å². The van der Waals surface area contributed by atoms with Gasteiger partial charge in [0, 0.05) is 29.8 Å². The first-order valence-electron chi connectivity index (χ1n) is 7.52. The molecule has 1 heterocycles. The van der Waals surface area contributed by atoms with Crippen molar-refractivity contribution in [3.63, 3.8) is 0 Å². The van der Waals surface area contributed by atoms with Gasteiger partial charge < -0.3 is 5.32 Å². The molecule has 0 aliphatic heterocycles. The summed E-state index contributed by atoms with van der Waals surface area (Å²) in [6.07, 6.45) is 6.18. The van der Waals surface area contributed by atoms with Gasteiger partial charge in [0.2, 0.25) is 0 Å². The Kier molecular flexibility index (Phi) is 4.32. The Labute approximate surface area is 125 Å². The molecule has 0 radical (unpaired) electrons. The highest BCUT2D eigenvalue weighted by atomic mass is 32.2. The maximum atomic E-state index is 4.76. The van der Waals surface area contributed by atoms with Gasteiger partial charge in [-0.2, -0.15) is 16.9 Å². The largest absolute Gasteiger partial charge is 0.308 e. The van der Waals surface area contributed by atoms with Crippen molar-refractivity contribution in [2.24, 2.45) is 0 Å². The molecular formula is C16H23N3S. The zero-order valence-electron chi connectivity index (χ0n) is 12.3. The maximum absolute atomic E-state index is 4.76. The second-order valence-electron chi connectivity index (χ2n) is 5.53. The predicted molar refractivity (Wildman–Crippen MR) is 87.2 cm³/mol. The molecule has 1 fully saturated rings. The van der Waals surface area contributed by atoms with Crippen molar-refractivity contribution in [3.05, 3.63) is 30.0 Å². The van der Waals surface area contributed by atoms with Crippen LogP contribution < -0.4 is 5.32 Å². The third kappa shape index (κ3) is 2.72. The van der Waals surface area contributed by atoms with Crippen LogP contribution in [0.15, 0.2) is 24.3 Å². The van der Waals surface area contributed by atoms with E-state index in [0.717, 1.165) is 18.3 Å². The highest BCUT2D eigenvalue weighted by Crippen LogP contribution is 2.28. The normalized spacial score (nSPS) is 22.7. The number of aryl methyl sites for hydroxylation is 1. The highest BCUT2D eigenvalue weighted by Gasteiger charge is 2.23. The molecule has 3 nitrogen and oxygen atoms in total. The van der Waals surface area contributed by atoms with Crippen LogP contribution in [0.5, 0.6) is 0 Å². The van der Waals surface area contributed by atoms with E-state index in [0.29, 0.717) is 6.04 Å². The molecule has 4 heteroatoms. The molecule has 2 unspecified atom stereocenters. The van der Waals surface area contributed by atoms with Gasteiger partial charge in [-0.3, -0.25) is 4.68 Å². The summed E-state index contributed by atoms with van der Waals surface area (Å²) in [5, 5.41) is 10.6. The lowest BCUT2D eigenvalue weighted by molar-refractivity contribution is 0.516. The SMILES string of the molecule is CCn1nc(CNC2CCC(SC)C2)c2ccccc21. The number of thioether (sulfide) groups is 1. The van der Waals surface area contributed by atoms with E-state index in [1.807, 2.05) is 11.8 Å². The van der Waals surface area contributed by atoms with Crippen LogP contribution >= 0.6 is 11.8 Å². The number of aromatic nitrogens is 2. The minimum absolute atomic E-state index is 0.665. The van der Waals surface area contributed by atoms with Crippen LogP contribution in [0, 0.1) is 0 Å². The van der Waals surface area contributed by atoms with Gasteiger partial charge >= 0.3 is 0 Å². The maximum Gasteiger partial charge on any atom is 0.0841 e. The van der Waals surface area contributed by atoms with Crippen molar-refractivity contribution in [1.82, 2.24) is 15.1 Å². The molecule has 0 saturated heterocycles. The zero-order valence-corrected chi connectivity index (χ0v) is 13.1. The molecule has 1 aromatic carbocycles. The number of rotatable bonds is 5. The van der Waals surface area contributed by atoms with Crippen molar-refractivity contribution in [3.8, 4) is 0 Å². The van der Waals surface area contributed by atoms with Crippen LogP contribution in [0.1, 0.15) is 31.9 Å². The number of fused-ring (bicyclic) bond motifs is 1. The molecule has 0 spiro atoms. The second kappa shape index (κ2) is 6.19. The van der Waals surface area contributed by atoms with Crippen LogP contribution in [-0.4, -0.2) is 27.3 Å². The summed E-state index contributed by atoms with van der Waals surface area (Å²) >= 11 is 2.01. The van der Waals surface area contributed by atoms with Gasteiger partial charge in [-0.25, -0.2) is 0 Å². The smallest absolute Gasteiger partial charge is 0.0841 e. The molecule has 1 saturated carbocycles. The van der Waals surface area contributed by atoms with Crippen LogP contribution in [0.2, 0.25) is 0 Å². The zero-order chi connectivity index (χ0) is 13.9. The van der Waals surface area contributed by atoms with Gasteiger partial charge in [-0.05, 0) is 38.5 Å². The van der Waals surface area contributed by atoms with Crippen molar-refractivity contribution in [2.75, 3.05) is 6.26 Å². The third-order valence-electron chi connectivity index (χ3n) is 4.31. The quantitative estimate of drug-likeness (QED) is 0.914. The fourth-order valence-corrected chi connectivity index (χ4v) is 3.94. The summed E-state index contributed by atoms with van der Waals surface area (Å²) in [6.45, 7) is 3.97. The Morgan fingerprint density at radius 2 is 2.20 bits per heavy atom. The average Bonchev–Trinajstić information content (AvgIpc) is 3.09. The van der Waals surface area contributed by atoms with E-state index in [4.69, 9.17) is 5.10 Å². The van der Waals surface area contributed by atoms with Crippen LogP contribution in [0.4, 0.5) is 0 Å². The Balaban J connectivity index is 1.72. The first kappa shape index (κ1) is 14.0. The second-order valence-corrected chi connectivity index (χ2v) is 6.67. The summed E-state index contributed by atoms with van der Waals surface area (Å²) in [4.78, 5) is 0. The van der Waals surface area contributed by atoms with Crippen LogP contribution in [0.3, 0.4) is 0 Å². The molecule has 3 rings (SSSR count). The van der Waals surface area contributed by atoms with Crippen molar-refractivity contribution >= 4 is 22.7 Å². The minimum Gasteiger partial charge on any atom is -0.308 e. The monoisotopic (exact) mass is 289 g/mol. The number of para-hydroxylation sites is 1. The minimum atomic E-state index is 0.665. The van der Waals surface area contributed by atoms with Gasteiger partial charge in [0.05, 0.1) is 11.2 Å². The fourth-order valence-electron chi connectivity index (χ4n) is 3.15. The first-order valence-corrected chi connectivity index (χ1v) is 8.81. The average molecular weight is 289 g/mol. The van der Waals surface area contributed by atoms with Gasteiger partial charge in [0.15, 0.2) is 0 Å². The van der Waals surface area contributed by atoms with E-state index >= 15 is 0 Å². The summed E-state index contributed by atoms with van der Waals surface area (Å²) in [6, 6.07) is 9.21. The molecule has 2 atom stereocenters. The molecule has 1 aromatic heterocycles. The molecule has 0 amide bonds. The Hall–Kier alpha value is -1.00. The van der Waals surface area contributed by atoms with E-state index in [-0.39, 0.29) is 0 Å². The molecule has 1 aliphatic rings. The van der Waals surface area contributed by atoms with Gasteiger partial charge in [0.25, 0.3) is 0 Å². The Morgan fingerprint density at radius 3 is 2.95 bits per heavy atom. The number of benzene rings is 1. The van der Waals surface area contributed by atoms with E-state index in [1.165, 1.54) is 35.9 Å². The van der Waals surface area contributed by atoms with Gasteiger partial charge in [-0.1, -0.05) is 18.2 Å². The molecule has 1 aliphatic carbocycles. The molecule has 1 N–H and O–H groups in total. The summed E-state index contributed by atoms with van der Waals surface area (Å²) in [7, 11) is 0. The molecule has 0 bridgehead atoms. The number of nitrogens with one attached hydrogen (secondary N) is 1. The standard InChI is InChI=1S/C16H23N3S/c1-3-19-16-7-5-4-6-14(16)15(18-19)11-17-12-8-9-13(10-12)20-2/h4-7,12-13,17H,3,8-11H2,1-2H3. The predicted octanol–water partition coefficient (Wildman–Crippen LogP) is 3.43. The van der Waals surface area contributed by atoms with E-state index in [2.05, 4.69) is 47.4 Å². The summed E-state index contributed by atoms with van der Waals surface area (Å²) in [5.41, 5.74) is 2.44. The summed E-state index contributed by atoms with van der Waals surface area (Å²) < 4.78 is 2.10. The van der Waals surface area contributed by atoms with Crippen molar-refractivity contribution in [1.29, 1.82) is 0 Å². The number of hydrogen-bond donors (Lipinski definition) is 1. The van der Waals surface area contributed by atoms with Crippen LogP contribution in [0.25, 0.3) is 10.9 Å². The van der Waals surface area contributed by atoms with Gasteiger partial charge in [-0.15, -0.1) is 0 Å². The molecular weight excluding hydrogens is 266 g/mol. The molecule has 20 heavy (non-hydrogen) atoms. The van der Waals surface area contributed by atoms with Gasteiger partial charge in [0.1, 0.15) is 0 Å². The Morgan fingerprint density at radius 1 is 1.35 bits per heavy atom. The van der Waals surface area contributed by atoms with Crippen molar-refractivity contribution in [2.45, 2.75) is 50.6 Å². The van der Waals surface area contributed by atoms with E-state index in [1.54, 1.807) is 0 Å². The highest BCUT2D eigenvalue weighted by molar-refractivity contribution is 7.99. The van der Waals surface area contributed by atoms with E-state index < -0.39 is 0 Å². The lowest BCUT2D eigenvalue weighted by Crippen LogP contribution is -2.26. The molecule has 108 valence electrons. The fraction of sp³-hybridized carbons (Fsp3) is 0.562. The lowest BCUT2D eigenvalue weighted by atomic mass is 10.2. The number of nitrogens with zero attached hydrogens (tertiary/aromatic N) is 2. The lowest BCUT2D eigenvalue weighted by Gasteiger charge is -2.11. The van der Waals surface area contributed by atoms with Crippen molar-refractivity contribution < 1.29 is 0 Å². The first-order chi connectivity index (χ1) is 9.81. The Bertz CT molecular complexity index is 578. The topological polar surface area (TPSA) is 29.9 Å². The summed E-state index contributed by atoms with van der Waals surface area (Å²) in [5.74, 6) is 0. The third-order valence-corrected chi connectivity index (χ3v) is 5.40. The number of hydrogen-bond acceptors (Lipinski definition) is 3. The van der Waals surface area contributed by atoms with E-state index in [9.17, 15) is 0 Å². The molecule has 2 aromatic rings.